The minimum Gasteiger partial charge on any atom is -0.378 e. The molecular formula is C14H27N3O2. The van der Waals surface area contributed by atoms with Crippen molar-refractivity contribution in [2.45, 2.75) is 38.2 Å². The van der Waals surface area contributed by atoms with Crippen LogP contribution in [0.25, 0.3) is 0 Å². The number of hydrogen-bond acceptors (Lipinski definition) is 4. The van der Waals surface area contributed by atoms with Gasteiger partial charge in [-0.1, -0.05) is 0 Å². The second kappa shape index (κ2) is 8.51. The molecule has 0 aromatic heterocycles. The van der Waals surface area contributed by atoms with Crippen molar-refractivity contribution in [1.82, 2.24) is 15.5 Å². The van der Waals surface area contributed by atoms with Gasteiger partial charge in [0.2, 0.25) is 5.91 Å². The molecule has 19 heavy (non-hydrogen) atoms. The molecule has 2 aliphatic rings. The molecule has 2 rings (SSSR count). The molecule has 0 aliphatic carbocycles. The molecule has 0 bridgehead atoms. The maximum absolute atomic E-state index is 11.6. The van der Waals surface area contributed by atoms with Crippen LogP contribution in [0, 0.1) is 0 Å². The molecule has 2 saturated heterocycles. The van der Waals surface area contributed by atoms with Crippen LogP contribution in [-0.2, 0) is 9.53 Å². The molecule has 0 spiro atoms. The van der Waals surface area contributed by atoms with E-state index in [2.05, 4.69) is 15.5 Å². The van der Waals surface area contributed by atoms with Crippen LogP contribution in [0.5, 0.6) is 0 Å². The lowest BCUT2D eigenvalue weighted by Gasteiger charge is -2.22. The number of amides is 1. The Bertz CT molecular complexity index is 261. The first kappa shape index (κ1) is 14.8. The molecule has 2 fully saturated rings. The van der Waals surface area contributed by atoms with Crippen LogP contribution in [0.3, 0.4) is 0 Å². The smallest absolute Gasteiger partial charge is 0.222 e. The monoisotopic (exact) mass is 269 g/mol. The van der Waals surface area contributed by atoms with Gasteiger partial charge >= 0.3 is 0 Å². The quantitative estimate of drug-likeness (QED) is 0.700. The SMILES string of the molecule is O=C(CCOC1CCNCC1)NCCN1CCCC1. The Hall–Kier alpha value is -0.650. The number of likely N-dealkylation sites (tertiary alicyclic amines) is 1. The molecule has 0 saturated carbocycles. The third kappa shape index (κ3) is 5.89. The topological polar surface area (TPSA) is 53.6 Å². The van der Waals surface area contributed by atoms with Gasteiger partial charge in [0.25, 0.3) is 0 Å². The second-order valence-electron chi connectivity index (χ2n) is 5.47. The number of hydrogen-bond donors (Lipinski definition) is 2. The molecule has 0 radical (unpaired) electrons. The van der Waals surface area contributed by atoms with E-state index in [0.29, 0.717) is 19.1 Å². The summed E-state index contributed by atoms with van der Waals surface area (Å²) in [5, 5.41) is 6.28. The molecule has 5 nitrogen and oxygen atoms in total. The first-order chi connectivity index (χ1) is 9.34. The first-order valence-corrected chi connectivity index (χ1v) is 7.66. The fourth-order valence-corrected chi connectivity index (χ4v) is 2.73. The van der Waals surface area contributed by atoms with Crippen LogP contribution in [-0.4, -0.2) is 62.8 Å². The van der Waals surface area contributed by atoms with E-state index in [9.17, 15) is 4.79 Å². The highest BCUT2D eigenvalue weighted by atomic mass is 16.5. The van der Waals surface area contributed by atoms with Crippen LogP contribution < -0.4 is 10.6 Å². The fourth-order valence-electron chi connectivity index (χ4n) is 2.73. The van der Waals surface area contributed by atoms with E-state index >= 15 is 0 Å². The van der Waals surface area contributed by atoms with Crippen molar-refractivity contribution in [2.75, 3.05) is 45.9 Å². The Morgan fingerprint density at radius 3 is 2.74 bits per heavy atom. The number of nitrogens with one attached hydrogen (secondary N) is 2. The zero-order chi connectivity index (χ0) is 13.3. The van der Waals surface area contributed by atoms with Crippen molar-refractivity contribution in [1.29, 1.82) is 0 Å². The van der Waals surface area contributed by atoms with Gasteiger partial charge in [-0.15, -0.1) is 0 Å². The van der Waals surface area contributed by atoms with E-state index in [1.54, 1.807) is 0 Å². The molecule has 5 heteroatoms. The Kier molecular flexibility index (Phi) is 6.61. The number of piperidine rings is 1. The molecule has 2 aliphatic heterocycles. The molecule has 0 aromatic carbocycles. The average Bonchev–Trinajstić information content (AvgIpc) is 2.93. The third-order valence-electron chi connectivity index (χ3n) is 3.92. The molecular weight excluding hydrogens is 242 g/mol. The summed E-state index contributed by atoms with van der Waals surface area (Å²) in [6, 6.07) is 0. The Balaban J connectivity index is 1.44. The maximum Gasteiger partial charge on any atom is 0.222 e. The van der Waals surface area contributed by atoms with Gasteiger partial charge in [-0.05, 0) is 51.9 Å². The third-order valence-corrected chi connectivity index (χ3v) is 3.92. The lowest BCUT2D eigenvalue weighted by atomic mass is 10.1. The zero-order valence-electron chi connectivity index (χ0n) is 11.8. The van der Waals surface area contributed by atoms with Gasteiger partial charge in [0.15, 0.2) is 0 Å². The van der Waals surface area contributed by atoms with E-state index in [1.807, 2.05) is 0 Å². The van der Waals surface area contributed by atoms with Gasteiger partial charge in [-0.25, -0.2) is 0 Å². The van der Waals surface area contributed by atoms with Crippen molar-refractivity contribution in [2.24, 2.45) is 0 Å². The average molecular weight is 269 g/mol. The van der Waals surface area contributed by atoms with Gasteiger partial charge < -0.3 is 20.3 Å². The van der Waals surface area contributed by atoms with Crippen LogP contribution in [0.15, 0.2) is 0 Å². The van der Waals surface area contributed by atoms with Gasteiger partial charge in [0.1, 0.15) is 0 Å². The number of carbonyl (C=O) groups is 1. The Morgan fingerprint density at radius 1 is 1.26 bits per heavy atom. The largest absolute Gasteiger partial charge is 0.378 e. The fraction of sp³-hybridized carbons (Fsp3) is 0.929. The molecule has 0 aromatic rings. The van der Waals surface area contributed by atoms with Gasteiger partial charge in [-0.2, -0.15) is 0 Å². The highest BCUT2D eigenvalue weighted by Gasteiger charge is 2.14. The Labute approximate surface area is 116 Å². The van der Waals surface area contributed by atoms with Crippen LogP contribution in [0.1, 0.15) is 32.1 Å². The molecule has 1 amide bonds. The lowest BCUT2D eigenvalue weighted by Crippen LogP contribution is -2.35. The van der Waals surface area contributed by atoms with Crippen LogP contribution in [0.2, 0.25) is 0 Å². The van der Waals surface area contributed by atoms with E-state index < -0.39 is 0 Å². The summed E-state index contributed by atoms with van der Waals surface area (Å²) in [4.78, 5) is 14.0. The van der Waals surface area contributed by atoms with E-state index in [-0.39, 0.29) is 5.91 Å². The molecule has 2 N–H and O–H groups in total. The highest BCUT2D eigenvalue weighted by molar-refractivity contribution is 5.75. The van der Waals surface area contributed by atoms with Crippen LogP contribution in [0.4, 0.5) is 0 Å². The molecule has 2 heterocycles. The summed E-state index contributed by atoms with van der Waals surface area (Å²) in [5.74, 6) is 0.119. The number of ether oxygens (including phenoxy) is 1. The van der Waals surface area contributed by atoms with Gasteiger partial charge in [0, 0.05) is 19.5 Å². The van der Waals surface area contributed by atoms with Gasteiger partial charge in [0.05, 0.1) is 12.7 Å². The van der Waals surface area contributed by atoms with Crippen molar-refractivity contribution >= 4 is 5.91 Å². The summed E-state index contributed by atoms with van der Waals surface area (Å²) in [6.45, 7) is 6.76. The van der Waals surface area contributed by atoms with Crippen molar-refractivity contribution in [3.05, 3.63) is 0 Å². The minimum absolute atomic E-state index is 0.119. The zero-order valence-corrected chi connectivity index (χ0v) is 11.8. The van der Waals surface area contributed by atoms with Gasteiger partial charge in [-0.3, -0.25) is 4.79 Å². The maximum atomic E-state index is 11.6. The summed E-state index contributed by atoms with van der Waals surface area (Å²) >= 11 is 0. The minimum atomic E-state index is 0.119. The van der Waals surface area contributed by atoms with E-state index in [1.165, 1.54) is 25.9 Å². The molecule has 0 unspecified atom stereocenters. The number of rotatable bonds is 7. The summed E-state index contributed by atoms with van der Waals surface area (Å²) in [7, 11) is 0. The Morgan fingerprint density at radius 2 is 2.00 bits per heavy atom. The van der Waals surface area contributed by atoms with Crippen molar-refractivity contribution in [3.8, 4) is 0 Å². The van der Waals surface area contributed by atoms with Crippen LogP contribution >= 0.6 is 0 Å². The second-order valence-corrected chi connectivity index (χ2v) is 5.47. The standard InChI is InChI=1S/C14H27N3O2/c18-14(16-8-11-17-9-1-2-10-17)5-12-19-13-3-6-15-7-4-13/h13,15H,1-12H2,(H,16,18). The molecule has 0 atom stereocenters. The summed E-state index contributed by atoms with van der Waals surface area (Å²) in [5.41, 5.74) is 0. The predicted octanol–water partition coefficient (Wildman–Crippen LogP) is 0.357. The summed E-state index contributed by atoms with van der Waals surface area (Å²) in [6.07, 6.45) is 5.58. The lowest BCUT2D eigenvalue weighted by molar-refractivity contribution is -0.122. The highest BCUT2D eigenvalue weighted by Crippen LogP contribution is 2.07. The normalized spacial score (nSPS) is 21.7. The number of carbonyl (C=O) groups excluding carboxylic acids is 1. The van der Waals surface area contributed by atoms with E-state index in [4.69, 9.17) is 4.74 Å². The first-order valence-electron chi connectivity index (χ1n) is 7.66. The summed E-state index contributed by atoms with van der Waals surface area (Å²) < 4.78 is 5.72. The molecule has 110 valence electrons. The van der Waals surface area contributed by atoms with Crippen molar-refractivity contribution < 1.29 is 9.53 Å². The van der Waals surface area contributed by atoms with E-state index in [0.717, 1.165) is 39.0 Å². The van der Waals surface area contributed by atoms with Crippen molar-refractivity contribution in [3.63, 3.8) is 0 Å². The number of nitrogens with zero attached hydrogens (tertiary/aromatic N) is 1. The predicted molar refractivity (Wildman–Crippen MR) is 75.1 cm³/mol.